The first kappa shape index (κ1) is 13.2. The van der Waals surface area contributed by atoms with Crippen LogP contribution < -0.4 is 0 Å². The highest BCUT2D eigenvalue weighted by molar-refractivity contribution is 7.12. The third kappa shape index (κ3) is 3.17. The molecule has 18 heavy (non-hydrogen) atoms. The zero-order valence-electron chi connectivity index (χ0n) is 10.5. The summed E-state index contributed by atoms with van der Waals surface area (Å²) in [6.45, 7) is 3.78. The van der Waals surface area contributed by atoms with Crippen LogP contribution in [0.4, 0.5) is 0 Å². The number of ketones is 1. The highest BCUT2D eigenvalue weighted by atomic mass is 32.1. The smallest absolute Gasteiger partial charge is 0.348 e. The molecule has 0 aromatic carbocycles. The van der Waals surface area contributed by atoms with E-state index < -0.39 is 0 Å². The van der Waals surface area contributed by atoms with Crippen molar-refractivity contribution in [3.8, 4) is 0 Å². The third-order valence-electron chi connectivity index (χ3n) is 2.93. The molecule has 0 saturated carbocycles. The summed E-state index contributed by atoms with van der Waals surface area (Å²) in [5.41, 5.74) is 0.553. The number of hydrogen-bond acceptors (Lipinski definition) is 5. The quantitative estimate of drug-likeness (QED) is 0.622. The molecule has 0 bridgehead atoms. The Kier molecular flexibility index (Phi) is 4.14. The Balaban J connectivity index is 1.85. The Morgan fingerprint density at radius 2 is 2.28 bits per heavy atom. The predicted molar refractivity (Wildman–Crippen MR) is 68.2 cm³/mol. The third-order valence-corrected chi connectivity index (χ3v) is 3.84. The molecule has 2 heterocycles. The van der Waals surface area contributed by atoms with Crippen molar-refractivity contribution in [1.29, 1.82) is 0 Å². The molecule has 1 aliphatic heterocycles. The van der Waals surface area contributed by atoms with Gasteiger partial charge in [0.1, 0.15) is 11.5 Å². The standard InChI is InChI=1S/C13H16O4S/c1-8-3-4-11(17-8)6-16-13(15)12-5-10(7-18-12)9(2)14/h5,7-8,11H,3-4,6H2,1-2H3/t8-,11+/m1/s1. The van der Waals surface area contributed by atoms with Crippen LogP contribution in [0.2, 0.25) is 0 Å². The van der Waals surface area contributed by atoms with E-state index in [-0.39, 0.29) is 30.6 Å². The molecule has 1 aromatic heterocycles. The summed E-state index contributed by atoms with van der Waals surface area (Å²) in [7, 11) is 0. The van der Waals surface area contributed by atoms with Gasteiger partial charge in [0.15, 0.2) is 5.78 Å². The molecule has 2 rings (SSSR count). The number of ether oxygens (including phenoxy) is 2. The lowest BCUT2D eigenvalue weighted by atomic mass is 10.2. The lowest BCUT2D eigenvalue weighted by Crippen LogP contribution is -2.18. The molecule has 98 valence electrons. The number of rotatable bonds is 4. The zero-order valence-corrected chi connectivity index (χ0v) is 11.3. The van der Waals surface area contributed by atoms with Crippen molar-refractivity contribution in [2.24, 2.45) is 0 Å². The Hall–Kier alpha value is -1.20. The molecule has 1 fully saturated rings. The maximum atomic E-state index is 11.7. The van der Waals surface area contributed by atoms with E-state index >= 15 is 0 Å². The minimum Gasteiger partial charge on any atom is -0.459 e. The van der Waals surface area contributed by atoms with Crippen LogP contribution in [0.25, 0.3) is 0 Å². The lowest BCUT2D eigenvalue weighted by Gasteiger charge is -2.10. The number of carbonyl (C=O) groups is 2. The van der Waals surface area contributed by atoms with Crippen molar-refractivity contribution in [2.45, 2.75) is 38.9 Å². The van der Waals surface area contributed by atoms with E-state index in [1.165, 1.54) is 18.3 Å². The first-order valence-corrected chi connectivity index (χ1v) is 6.86. The molecule has 2 atom stereocenters. The number of esters is 1. The van der Waals surface area contributed by atoms with Gasteiger partial charge in [-0.2, -0.15) is 0 Å². The van der Waals surface area contributed by atoms with E-state index in [0.29, 0.717) is 10.4 Å². The van der Waals surface area contributed by atoms with Crippen LogP contribution in [0.5, 0.6) is 0 Å². The second kappa shape index (κ2) is 5.63. The summed E-state index contributed by atoms with van der Waals surface area (Å²) in [6.07, 6.45) is 2.20. The van der Waals surface area contributed by atoms with Gasteiger partial charge in [0.05, 0.1) is 12.2 Å². The SMILES string of the molecule is CC(=O)c1csc(C(=O)OC[C@@H]2CC[C@@H](C)O2)c1. The molecule has 1 aliphatic rings. The zero-order chi connectivity index (χ0) is 13.1. The highest BCUT2D eigenvalue weighted by Gasteiger charge is 2.23. The van der Waals surface area contributed by atoms with Crippen LogP contribution in [0.15, 0.2) is 11.4 Å². The maximum absolute atomic E-state index is 11.7. The molecule has 1 aromatic rings. The maximum Gasteiger partial charge on any atom is 0.348 e. The van der Waals surface area contributed by atoms with Gasteiger partial charge in [-0.25, -0.2) is 4.79 Å². The lowest BCUT2D eigenvalue weighted by molar-refractivity contribution is -0.00237. The van der Waals surface area contributed by atoms with Crippen molar-refractivity contribution in [3.05, 3.63) is 21.9 Å². The second-order valence-electron chi connectivity index (χ2n) is 4.50. The van der Waals surface area contributed by atoms with Gasteiger partial charge in [-0.3, -0.25) is 4.79 Å². The minimum absolute atomic E-state index is 0.0104. The molecule has 0 aliphatic carbocycles. The van der Waals surface area contributed by atoms with Gasteiger partial charge in [0.2, 0.25) is 0 Å². The van der Waals surface area contributed by atoms with Crippen molar-refractivity contribution in [1.82, 2.24) is 0 Å². The topological polar surface area (TPSA) is 52.6 Å². The van der Waals surface area contributed by atoms with E-state index in [1.54, 1.807) is 11.4 Å². The normalized spacial score (nSPS) is 23.0. The van der Waals surface area contributed by atoms with Gasteiger partial charge < -0.3 is 9.47 Å². The summed E-state index contributed by atoms with van der Waals surface area (Å²) >= 11 is 1.23. The molecular formula is C13H16O4S. The second-order valence-corrected chi connectivity index (χ2v) is 5.41. The largest absolute Gasteiger partial charge is 0.459 e. The molecule has 0 N–H and O–H groups in total. The monoisotopic (exact) mass is 268 g/mol. The predicted octanol–water partition coefficient (Wildman–Crippen LogP) is 2.68. The molecule has 0 amide bonds. The number of carbonyl (C=O) groups excluding carboxylic acids is 2. The van der Waals surface area contributed by atoms with Crippen molar-refractivity contribution in [2.75, 3.05) is 6.61 Å². The van der Waals surface area contributed by atoms with Crippen LogP contribution in [0.1, 0.15) is 46.7 Å². The number of thiophene rings is 1. The Morgan fingerprint density at radius 3 is 2.83 bits per heavy atom. The molecule has 0 spiro atoms. The van der Waals surface area contributed by atoms with Crippen LogP contribution in [0.3, 0.4) is 0 Å². The summed E-state index contributed by atoms with van der Waals surface area (Å²) in [5, 5.41) is 1.67. The van der Waals surface area contributed by atoms with Gasteiger partial charge in [-0.15, -0.1) is 11.3 Å². The average Bonchev–Trinajstić information content (AvgIpc) is 2.94. The van der Waals surface area contributed by atoms with Gasteiger partial charge in [0.25, 0.3) is 0 Å². The first-order valence-electron chi connectivity index (χ1n) is 5.98. The van der Waals surface area contributed by atoms with Crippen LogP contribution in [0, 0.1) is 0 Å². The fraction of sp³-hybridized carbons (Fsp3) is 0.538. The van der Waals surface area contributed by atoms with Gasteiger partial charge in [-0.05, 0) is 32.8 Å². The molecule has 4 nitrogen and oxygen atoms in total. The summed E-state index contributed by atoms with van der Waals surface area (Å²) in [4.78, 5) is 23.3. The van der Waals surface area contributed by atoms with Gasteiger partial charge in [0, 0.05) is 10.9 Å². The Bertz CT molecular complexity index is 452. The van der Waals surface area contributed by atoms with E-state index in [0.717, 1.165) is 12.8 Å². The van der Waals surface area contributed by atoms with Crippen molar-refractivity contribution >= 4 is 23.1 Å². The Morgan fingerprint density at radius 1 is 1.50 bits per heavy atom. The first-order chi connectivity index (χ1) is 8.56. The molecule has 1 saturated heterocycles. The molecule has 0 radical (unpaired) electrons. The van der Waals surface area contributed by atoms with Crippen LogP contribution in [-0.4, -0.2) is 30.6 Å². The summed E-state index contributed by atoms with van der Waals surface area (Å²) < 4.78 is 10.8. The van der Waals surface area contributed by atoms with Crippen LogP contribution >= 0.6 is 11.3 Å². The molecule has 0 unspecified atom stereocenters. The van der Waals surface area contributed by atoms with E-state index in [9.17, 15) is 9.59 Å². The fourth-order valence-electron chi connectivity index (χ4n) is 1.88. The van der Waals surface area contributed by atoms with Crippen LogP contribution in [-0.2, 0) is 9.47 Å². The number of Topliss-reactive ketones (excluding diaryl/α,β-unsaturated/α-hetero) is 1. The highest BCUT2D eigenvalue weighted by Crippen LogP contribution is 2.21. The fourth-order valence-corrected chi connectivity index (χ4v) is 2.71. The summed E-state index contributed by atoms with van der Waals surface area (Å²) in [6, 6.07) is 1.58. The van der Waals surface area contributed by atoms with E-state index in [2.05, 4.69) is 0 Å². The van der Waals surface area contributed by atoms with Crippen molar-refractivity contribution in [3.63, 3.8) is 0 Å². The Labute approximate surface area is 110 Å². The minimum atomic E-state index is -0.379. The van der Waals surface area contributed by atoms with Gasteiger partial charge in [-0.1, -0.05) is 0 Å². The summed E-state index contributed by atoms with van der Waals surface area (Å²) in [5.74, 6) is -0.422. The number of hydrogen-bond donors (Lipinski definition) is 0. The van der Waals surface area contributed by atoms with E-state index in [4.69, 9.17) is 9.47 Å². The van der Waals surface area contributed by atoms with Crippen molar-refractivity contribution < 1.29 is 19.1 Å². The molecular weight excluding hydrogens is 252 g/mol. The van der Waals surface area contributed by atoms with Gasteiger partial charge >= 0.3 is 5.97 Å². The average molecular weight is 268 g/mol. The van der Waals surface area contributed by atoms with E-state index in [1.807, 2.05) is 6.92 Å². The molecule has 5 heteroatoms.